The van der Waals surface area contributed by atoms with Crippen LogP contribution in [-0.2, 0) is 11.3 Å². The predicted molar refractivity (Wildman–Crippen MR) is 155 cm³/mol. The van der Waals surface area contributed by atoms with Crippen molar-refractivity contribution in [1.29, 1.82) is 0 Å². The SMILES string of the molecule is CC(C)(C)OC(=O)N1CCCC(Cn2c(-c3ccc(OCCO)cc3OCCO)nc3ccc(Br)cc3c2=O)C1. The molecule has 1 aliphatic heterocycles. The molecule has 40 heavy (non-hydrogen) atoms. The van der Waals surface area contributed by atoms with E-state index in [9.17, 15) is 14.7 Å². The summed E-state index contributed by atoms with van der Waals surface area (Å²) < 4.78 is 19.4. The van der Waals surface area contributed by atoms with Crippen molar-refractivity contribution in [2.45, 2.75) is 45.8 Å². The number of carbonyl (C=O) groups excluding carboxylic acids is 1. The number of aliphatic hydroxyl groups excluding tert-OH is 2. The van der Waals surface area contributed by atoms with Crippen LogP contribution in [0.2, 0.25) is 0 Å². The molecule has 216 valence electrons. The maximum Gasteiger partial charge on any atom is 0.410 e. The van der Waals surface area contributed by atoms with E-state index in [1.54, 1.807) is 39.8 Å². The largest absolute Gasteiger partial charge is 0.491 e. The number of halogens is 1. The average Bonchev–Trinajstić information content (AvgIpc) is 2.92. The minimum absolute atomic E-state index is 0.00177. The average molecular weight is 619 g/mol. The van der Waals surface area contributed by atoms with E-state index in [-0.39, 0.29) is 44.0 Å². The van der Waals surface area contributed by atoms with Gasteiger partial charge < -0.3 is 29.3 Å². The third-order valence-electron chi connectivity index (χ3n) is 6.43. The van der Waals surface area contributed by atoms with E-state index in [0.29, 0.717) is 53.4 Å². The van der Waals surface area contributed by atoms with E-state index >= 15 is 0 Å². The summed E-state index contributed by atoms with van der Waals surface area (Å²) in [5, 5.41) is 19.0. The molecule has 1 aliphatic rings. The number of hydrogen-bond acceptors (Lipinski definition) is 8. The first-order chi connectivity index (χ1) is 19.1. The molecule has 0 radical (unpaired) electrons. The van der Waals surface area contributed by atoms with Crippen molar-refractivity contribution < 1.29 is 29.2 Å². The lowest BCUT2D eigenvalue weighted by molar-refractivity contribution is 0.0157. The van der Waals surface area contributed by atoms with Crippen molar-refractivity contribution in [3.8, 4) is 22.9 Å². The maximum atomic E-state index is 13.9. The molecule has 1 unspecified atom stereocenters. The van der Waals surface area contributed by atoms with Crippen LogP contribution in [0, 0.1) is 5.92 Å². The van der Waals surface area contributed by atoms with Crippen molar-refractivity contribution in [2.24, 2.45) is 5.92 Å². The van der Waals surface area contributed by atoms with Crippen LogP contribution in [0.5, 0.6) is 11.5 Å². The second kappa shape index (κ2) is 13.0. The highest BCUT2D eigenvalue weighted by Gasteiger charge is 2.29. The van der Waals surface area contributed by atoms with Gasteiger partial charge in [-0.05, 0) is 69.9 Å². The van der Waals surface area contributed by atoms with Crippen LogP contribution in [0.3, 0.4) is 0 Å². The van der Waals surface area contributed by atoms with Gasteiger partial charge in [-0.2, -0.15) is 0 Å². The Labute approximate surface area is 241 Å². The van der Waals surface area contributed by atoms with Gasteiger partial charge in [0, 0.05) is 30.2 Å². The number of hydrogen-bond donors (Lipinski definition) is 2. The van der Waals surface area contributed by atoms with Gasteiger partial charge in [-0.1, -0.05) is 15.9 Å². The zero-order chi connectivity index (χ0) is 28.9. The Morgan fingerprint density at radius 2 is 1.85 bits per heavy atom. The lowest BCUT2D eigenvalue weighted by atomic mass is 9.97. The molecular formula is C29H36BrN3O7. The second-order valence-electron chi connectivity index (χ2n) is 10.7. The van der Waals surface area contributed by atoms with E-state index in [2.05, 4.69) is 15.9 Å². The van der Waals surface area contributed by atoms with Crippen LogP contribution < -0.4 is 15.0 Å². The second-order valence-corrected chi connectivity index (χ2v) is 11.7. The number of aromatic nitrogens is 2. The molecule has 0 aliphatic carbocycles. The number of benzene rings is 2. The lowest BCUT2D eigenvalue weighted by Gasteiger charge is -2.34. The highest BCUT2D eigenvalue weighted by Crippen LogP contribution is 2.34. The molecule has 1 fully saturated rings. The van der Waals surface area contributed by atoms with Crippen molar-refractivity contribution >= 4 is 32.9 Å². The Morgan fingerprint density at radius 3 is 2.58 bits per heavy atom. The third kappa shape index (κ3) is 7.32. The summed E-state index contributed by atoms with van der Waals surface area (Å²) in [6.07, 6.45) is 1.27. The monoisotopic (exact) mass is 617 g/mol. The molecule has 10 nitrogen and oxygen atoms in total. The van der Waals surface area contributed by atoms with Crippen LogP contribution in [0.1, 0.15) is 33.6 Å². The fourth-order valence-corrected chi connectivity index (χ4v) is 5.11. The Hall–Kier alpha value is -3.15. The van der Waals surface area contributed by atoms with Gasteiger partial charge in [0.1, 0.15) is 36.1 Å². The molecule has 0 spiro atoms. The molecule has 1 aromatic heterocycles. The lowest BCUT2D eigenvalue weighted by Crippen LogP contribution is -2.44. The van der Waals surface area contributed by atoms with Crippen LogP contribution in [0.25, 0.3) is 22.3 Å². The van der Waals surface area contributed by atoms with Crippen LogP contribution >= 0.6 is 15.9 Å². The fourth-order valence-electron chi connectivity index (χ4n) is 4.75. The van der Waals surface area contributed by atoms with Crippen molar-refractivity contribution in [3.63, 3.8) is 0 Å². The van der Waals surface area contributed by atoms with Gasteiger partial charge >= 0.3 is 6.09 Å². The van der Waals surface area contributed by atoms with Gasteiger partial charge in [0.15, 0.2) is 0 Å². The van der Waals surface area contributed by atoms with E-state index in [1.807, 2.05) is 26.8 Å². The molecular weight excluding hydrogens is 582 g/mol. The minimum atomic E-state index is -0.595. The van der Waals surface area contributed by atoms with Gasteiger partial charge in [0.05, 0.1) is 29.7 Å². The zero-order valence-electron chi connectivity index (χ0n) is 23.1. The third-order valence-corrected chi connectivity index (χ3v) is 6.92. The van der Waals surface area contributed by atoms with Gasteiger partial charge in [0.25, 0.3) is 5.56 Å². The molecule has 2 aromatic carbocycles. The molecule has 4 rings (SSSR count). The van der Waals surface area contributed by atoms with Gasteiger partial charge in [0.2, 0.25) is 0 Å². The Balaban J connectivity index is 1.77. The Kier molecular flexibility index (Phi) is 9.70. The number of nitrogens with zero attached hydrogens (tertiary/aromatic N) is 3. The summed E-state index contributed by atoms with van der Waals surface area (Å²) in [4.78, 5) is 33.3. The van der Waals surface area contributed by atoms with Crippen molar-refractivity contribution in [2.75, 3.05) is 39.5 Å². The first kappa shape index (κ1) is 29.8. The number of piperidine rings is 1. The number of carbonyl (C=O) groups is 1. The molecule has 0 bridgehead atoms. The summed E-state index contributed by atoms with van der Waals surface area (Å²) in [5.74, 6) is 1.28. The number of likely N-dealkylation sites (tertiary alicyclic amines) is 1. The van der Waals surface area contributed by atoms with Gasteiger partial charge in [-0.25, -0.2) is 9.78 Å². The van der Waals surface area contributed by atoms with Gasteiger partial charge in [-0.15, -0.1) is 0 Å². The predicted octanol–water partition coefficient (Wildman–Crippen LogP) is 4.22. The number of rotatable bonds is 9. The molecule has 2 N–H and O–H groups in total. The quantitative estimate of drug-likeness (QED) is 0.366. The minimum Gasteiger partial charge on any atom is -0.491 e. The Bertz CT molecular complexity index is 1400. The van der Waals surface area contributed by atoms with E-state index in [0.717, 1.165) is 17.3 Å². The number of amides is 1. The van der Waals surface area contributed by atoms with E-state index < -0.39 is 5.60 Å². The number of ether oxygens (including phenoxy) is 3. The maximum absolute atomic E-state index is 13.9. The molecule has 1 saturated heterocycles. The van der Waals surface area contributed by atoms with Crippen LogP contribution in [0.4, 0.5) is 4.79 Å². The summed E-state index contributed by atoms with van der Waals surface area (Å²) in [7, 11) is 0. The zero-order valence-corrected chi connectivity index (χ0v) is 24.6. The molecule has 2 heterocycles. The molecule has 1 atom stereocenters. The summed E-state index contributed by atoms with van der Waals surface area (Å²) >= 11 is 3.46. The molecule has 11 heteroatoms. The Morgan fingerprint density at radius 1 is 1.10 bits per heavy atom. The number of aliphatic hydroxyl groups is 2. The van der Waals surface area contributed by atoms with E-state index in [4.69, 9.17) is 24.3 Å². The standard InChI is InChI=1S/C29H36BrN3O7/c1-29(2,3)40-28(37)32-10-4-5-19(17-32)18-33-26(31-24-9-6-20(30)15-23(24)27(33)36)22-8-7-21(38-13-11-34)16-25(22)39-14-12-35/h6-9,15-16,19,34-35H,4-5,10-14,17-18H2,1-3H3. The van der Waals surface area contributed by atoms with Crippen molar-refractivity contribution in [3.05, 3.63) is 51.2 Å². The smallest absolute Gasteiger partial charge is 0.410 e. The fraction of sp³-hybridized carbons (Fsp3) is 0.483. The highest BCUT2D eigenvalue weighted by atomic mass is 79.9. The molecule has 0 saturated carbocycles. The molecule has 3 aromatic rings. The summed E-state index contributed by atoms with van der Waals surface area (Å²) in [5.41, 5.74) is 0.296. The van der Waals surface area contributed by atoms with Crippen molar-refractivity contribution in [1.82, 2.24) is 14.5 Å². The summed E-state index contributed by atoms with van der Waals surface area (Å²) in [6, 6.07) is 10.5. The normalized spacial score (nSPS) is 15.8. The topological polar surface area (TPSA) is 123 Å². The van der Waals surface area contributed by atoms with E-state index in [1.165, 1.54) is 0 Å². The van der Waals surface area contributed by atoms with Gasteiger partial charge in [-0.3, -0.25) is 9.36 Å². The number of fused-ring (bicyclic) bond motifs is 1. The van der Waals surface area contributed by atoms with Crippen LogP contribution in [-0.4, -0.2) is 75.9 Å². The first-order valence-corrected chi connectivity index (χ1v) is 14.2. The summed E-state index contributed by atoms with van der Waals surface area (Å²) in [6.45, 7) is 6.73. The molecule has 1 amide bonds. The first-order valence-electron chi connectivity index (χ1n) is 13.4. The van der Waals surface area contributed by atoms with Crippen LogP contribution in [0.15, 0.2) is 45.7 Å². The highest BCUT2D eigenvalue weighted by molar-refractivity contribution is 9.10.